The van der Waals surface area contributed by atoms with Gasteiger partial charge in [0, 0.05) is 19.3 Å². The lowest BCUT2D eigenvalue weighted by Crippen LogP contribution is -2.21. The third kappa shape index (κ3) is 4.68. The van der Waals surface area contributed by atoms with Gasteiger partial charge >= 0.3 is 5.97 Å². The van der Waals surface area contributed by atoms with Crippen LogP contribution in [-0.4, -0.2) is 36.6 Å². The van der Waals surface area contributed by atoms with Gasteiger partial charge in [0.15, 0.2) is 0 Å². The van der Waals surface area contributed by atoms with Crippen LogP contribution in [0.2, 0.25) is 0 Å². The van der Waals surface area contributed by atoms with E-state index >= 15 is 0 Å². The van der Waals surface area contributed by atoms with Crippen LogP contribution in [0, 0.1) is 0 Å². The van der Waals surface area contributed by atoms with Gasteiger partial charge < -0.3 is 9.64 Å². The number of esters is 1. The summed E-state index contributed by atoms with van der Waals surface area (Å²) < 4.78 is 4.66. The molecule has 0 spiro atoms. The van der Waals surface area contributed by atoms with Crippen LogP contribution in [0.1, 0.15) is 21.6 Å². The van der Waals surface area contributed by atoms with Gasteiger partial charge in [0.1, 0.15) is 0 Å². The molecule has 0 radical (unpaired) electrons. The molecule has 21 heavy (non-hydrogen) atoms. The van der Waals surface area contributed by atoms with E-state index in [1.807, 2.05) is 12.1 Å². The van der Waals surface area contributed by atoms with Crippen LogP contribution < -0.4 is 0 Å². The first-order valence-electron chi connectivity index (χ1n) is 6.95. The number of carbonyl (C=O) groups excluding carboxylic acids is 1. The van der Waals surface area contributed by atoms with Crippen molar-refractivity contribution in [2.75, 3.05) is 20.7 Å². The summed E-state index contributed by atoms with van der Waals surface area (Å²) in [5.74, 6) is -0.355. The van der Waals surface area contributed by atoms with Crippen LogP contribution >= 0.6 is 0 Å². The molecular weight excluding hydrogens is 264 g/mol. The van der Waals surface area contributed by atoms with Crippen molar-refractivity contribution in [2.24, 2.45) is 0 Å². The number of hydrogen-bond donors (Lipinski definition) is 0. The van der Waals surface area contributed by atoms with Gasteiger partial charge in [-0.3, -0.25) is 4.98 Å². The number of nitrogens with zero attached hydrogens (tertiary/aromatic N) is 2. The maximum absolute atomic E-state index is 11.3. The highest BCUT2D eigenvalue weighted by Crippen LogP contribution is 2.06. The zero-order chi connectivity index (χ0) is 15.1. The lowest BCUT2D eigenvalue weighted by Gasteiger charge is -2.16. The molecule has 0 N–H and O–H groups in total. The topological polar surface area (TPSA) is 42.4 Å². The molecule has 2 rings (SSSR count). The molecule has 0 saturated heterocycles. The van der Waals surface area contributed by atoms with Gasteiger partial charge in [0.25, 0.3) is 0 Å². The Kier molecular flexibility index (Phi) is 5.46. The number of benzene rings is 1. The minimum absolute atomic E-state index is 0.355. The predicted molar refractivity (Wildman–Crippen MR) is 82.1 cm³/mol. The van der Waals surface area contributed by atoms with E-state index < -0.39 is 0 Å². The van der Waals surface area contributed by atoms with Crippen LogP contribution in [0.15, 0.2) is 48.7 Å². The molecule has 0 aliphatic heterocycles. The smallest absolute Gasteiger partial charge is 0.339 e. The maximum Gasteiger partial charge on any atom is 0.339 e. The van der Waals surface area contributed by atoms with Gasteiger partial charge in [0.05, 0.1) is 18.4 Å². The van der Waals surface area contributed by atoms with E-state index in [1.54, 1.807) is 12.3 Å². The molecule has 4 nitrogen and oxygen atoms in total. The van der Waals surface area contributed by atoms with E-state index in [0.29, 0.717) is 5.56 Å². The summed E-state index contributed by atoms with van der Waals surface area (Å²) in [4.78, 5) is 17.8. The fourth-order valence-electron chi connectivity index (χ4n) is 2.08. The largest absolute Gasteiger partial charge is 0.465 e. The summed E-state index contributed by atoms with van der Waals surface area (Å²) in [6.45, 7) is 1.72. The first kappa shape index (κ1) is 15.2. The highest BCUT2D eigenvalue weighted by molar-refractivity contribution is 5.88. The minimum atomic E-state index is -0.355. The zero-order valence-electron chi connectivity index (χ0n) is 12.5. The first-order valence-corrected chi connectivity index (χ1v) is 6.95. The fraction of sp³-hybridized carbons (Fsp3) is 0.294. The first-order chi connectivity index (χ1) is 10.2. The van der Waals surface area contributed by atoms with Gasteiger partial charge in [0.2, 0.25) is 0 Å². The summed E-state index contributed by atoms with van der Waals surface area (Å²) in [5, 5.41) is 0. The monoisotopic (exact) mass is 284 g/mol. The highest BCUT2D eigenvalue weighted by Gasteiger charge is 2.07. The number of ether oxygens (including phenoxy) is 1. The normalized spacial score (nSPS) is 10.6. The Balaban J connectivity index is 1.85. The quantitative estimate of drug-likeness (QED) is 0.765. The van der Waals surface area contributed by atoms with Crippen molar-refractivity contribution in [2.45, 2.75) is 13.0 Å². The predicted octanol–water partition coefficient (Wildman–Crippen LogP) is 2.54. The van der Waals surface area contributed by atoms with E-state index in [4.69, 9.17) is 0 Å². The van der Waals surface area contributed by atoms with E-state index in [-0.39, 0.29) is 5.97 Å². The molecular formula is C17H20N2O2. The summed E-state index contributed by atoms with van der Waals surface area (Å²) in [6.07, 6.45) is 2.57. The molecule has 1 heterocycles. The number of aromatic nitrogens is 1. The van der Waals surface area contributed by atoms with Gasteiger partial charge in [-0.05, 0) is 31.2 Å². The molecule has 0 unspecified atom stereocenters. The second-order valence-corrected chi connectivity index (χ2v) is 5.00. The Bertz CT molecular complexity index is 567. The molecule has 0 amide bonds. The number of rotatable bonds is 6. The van der Waals surface area contributed by atoms with Gasteiger partial charge in [-0.2, -0.15) is 0 Å². The number of methoxy groups -OCH3 is 1. The molecule has 1 aromatic carbocycles. The molecule has 2 aromatic rings. The second-order valence-electron chi connectivity index (χ2n) is 5.00. The molecule has 4 heteroatoms. The Morgan fingerprint density at radius 1 is 1.19 bits per heavy atom. The maximum atomic E-state index is 11.3. The van der Waals surface area contributed by atoms with E-state index in [9.17, 15) is 4.79 Å². The van der Waals surface area contributed by atoms with E-state index in [0.717, 1.165) is 25.2 Å². The van der Waals surface area contributed by atoms with Crippen LogP contribution in [0.3, 0.4) is 0 Å². The Morgan fingerprint density at radius 3 is 2.57 bits per heavy atom. The second kappa shape index (κ2) is 7.55. The fourth-order valence-corrected chi connectivity index (χ4v) is 2.08. The number of pyridine rings is 1. The standard InChI is InChI=1S/C17H20N2O2/c1-19(11-10-14-6-4-3-5-7-14)13-16-9-8-15(12-18-16)17(20)21-2/h3-9,12H,10-11,13H2,1-2H3. The van der Waals surface area contributed by atoms with Crippen molar-refractivity contribution in [3.63, 3.8) is 0 Å². The Morgan fingerprint density at radius 2 is 1.95 bits per heavy atom. The van der Waals surface area contributed by atoms with E-state index in [2.05, 4.69) is 45.9 Å². The average molecular weight is 284 g/mol. The number of hydrogen-bond acceptors (Lipinski definition) is 4. The van der Waals surface area contributed by atoms with Crippen molar-refractivity contribution < 1.29 is 9.53 Å². The molecule has 0 saturated carbocycles. The van der Waals surface area contributed by atoms with Gasteiger partial charge in [-0.1, -0.05) is 30.3 Å². The van der Waals surface area contributed by atoms with Crippen molar-refractivity contribution in [3.8, 4) is 0 Å². The summed E-state index contributed by atoms with van der Waals surface area (Å²) in [7, 11) is 3.44. The lowest BCUT2D eigenvalue weighted by molar-refractivity contribution is 0.0600. The molecule has 0 bridgehead atoms. The van der Waals surface area contributed by atoms with Crippen LogP contribution in [0.4, 0.5) is 0 Å². The average Bonchev–Trinajstić information content (AvgIpc) is 2.54. The summed E-state index contributed by atoms with van der Waals surface area (Å²) in [5.41, 5.74) is 2.75. The minimum Gasteiger partial charge on any atom is -0.465 e. The van der Waals surface area contributed by atoms with Gasteiger partial charge in [-0.25, -0.2) is 4.79 Å². The molecule has 0 aliphatic carbocycles. The molecule has 0 atom stereocenters. The van der Waals surface area contributed by atoms with Crippen LogP contribution in [0.25, 0.3) is 0 Å². The zero-order valence-corrected chi connectivity index (χ0v) is 12.5. The van der Waals surface area contributed by atoms with E-state index in [1.165, 1.54) is 12.7 Å². The highest BCUT2D eigenvalue weighted by atomic mass is 16.5. The summed E-state index contributed by atoms with van der Waals surface area (Å²) in [6, 6.07) is 14.0. The molecule has 1 aromatic heterocycles. The third-order valence-corrected chi connectivity index (χ3v) is 3.30. The van der Waals surface area contributed by atoms with Crippen molar-refractivity contribution in [1.29, 1.82) is 0 Å². The molecule has 110 valence electrons. The summed E-state index contributed by atoms with van der Waals surface area (Å²) >= 11 is 0. The van der Waals surface area contributed by atoms with Crippen molar-refractivity contribution in [1.82, 2.24) is 9.88 Å². The third-order valence-electron chi connectivity index (χ3n) is 3.30. The number of carbonyl (C=O) groups is 1. The Hall–Kier alpha value is -2.20. The van der Waals surface area contributed by atoms with Crippen molar-refractivity contribution in [3.05, 3.63) is 65.5 Å². The lowest BCUT2D eigenvalue weighted by atomic mass is 10.1. The SMILES string of the molecule is COC(=O)c1ccc(CN(C)CCc2ccccc2)nc1. The van der Waals surface area contributed by atoms with Crippen molar-refractivity contribution >= 4 is 5.97 Å². The van der Waals surface area contributed by atoms with Crippen LogP contribution in [0.5, 0.6) is 0 Å². The Labute approximate surface area is 125 Å². The molecule has 0 aliphatic rings. The van der Waals surface area contributed by atoms with Gasteiger partial charge in [-0.15, -0.1) is 0 Å². The molecule has 0 fully saturated rings. The van der Waals surface area contributed by atoms with Crippen LogP contribution in [-0.2, 0) is 17.7 Å². The number of likely N-dealkylation sites (N-methyl/N-ethyl adjacent to an activating group) is 1.